The molecule has 0 aliphatic heterocycles. The van der Waals surface area contributed by atoms with E-state index in [1.165, 1.54) is 0 Å². The second kappa shape index (κ2) is 7.56. The highest BCUT2D eigenvalue weighted by Crippen LogP contribution is 2.21. The maximum atomic E-state index is 9.07. The van der Waals surface area contributed by atoms with E-state index in [0.717, 1.165) is 25.7 Å². The maximum Gasteiger partial charge on any atom is 0.0462 e. The Morgan fingerprint density at radius 2 is 1.17 bits per heavy atom. The molecule has 0 rings (SSSR count). The Labute approximate surface area is 75.6 Å². The van der Waals surface area contributed by atoms with Crippen LogP contribution in [0.5, 0.6) is 0 Å². The minimum absolute atomic E-state index is 0.221. The second-order valence-corrected chi connectivity index (χ2v) is 3.46. The summed E-state index contributed by atoms with van der Waals surface area (Å²) >= 11 is 0. The summed E-state index contributed by atoms with van der Waals surface area (Å²) in [7, 11) is 0. The monoisotopic (exact) mass is 174 g/mol. The predicted molar refractivity (Wildman–Crippen MR) is 51.0 cm³/mol. The summed E-state index contributed by atoms with van der Waals surface area (Å²) in [5.41, 5.74) is 0. The summed E-state index contributed by atoms with van der Waals surface area (Å²) in [5.74, 6) is 0.611. The average molecular weight is 174 g/mol. The number of hydrogen-bond acceptors (Lipinski definition) is 2. The molecule has 0 aromatic rings. The minimum Gasteiger partial charge on any atom is -0.396 e. The van der Waals surface area contributed by atoms with Gasteiger partial charge in [0.2, 0.25) is 0 Å². The number of aliphatic hydroxyl groups excluding tert-OH is 2. The normalized spacial score (nSPS) is 16.0. The van der Waals surface area contributed by atoms with Crippen LogP contribution in [0.15, 0.2) is 0 Å². The summed E-state index contributed by atoms with van der Waals surface area (Å²) in [6.07, 6.45) is 4.24. The molecule has 12 heavy (non-hydrogen) atoms. The fourth-order valence-corrected chi connectivity index (χ4v) is 1.69. The zero-order chi connectivity index (χ0) is 9.40. The molecule has 0 saturated carbocycles. The topological polar surface area (TPSA) is 40.5 Å². The standard InChI is InChI=1S/C10H22O2/c1-3-5-9(7-11)10(8-12)6-4-2/h9-12H,3-8H2,1-2H3. The Kier molecular flexibility index (Phi) is 7.51. The molecule has 2 nitrogen and oxygen atoms in total. The molecule has 2 N–H and O–H groups in total. The Morgan fingerprint density at radius 1 is 0.833 bits per heavy atom. The Balaban J connectivity index is 3.84. The first-order valence-corrected chi connectivity index (χ1v) is 5.01. The fraction of sp³-hybridized carbons (Fsp3) is 1.00. The highest BCUT2D eigenvalue weighted by molar-refractivity contribution is 4.68. The first-order chi connectivity index (χ1) is 5.79. The lowest BCUT2D eigenvalue weighted by Gasteiger charge is -2.22. The number of hydrogen-bond donors (Lipinski definition) is 2. The van der Waals surface area contributed by atoms with E-state index >= 15 is 0 Å². The van der Waals surface area contributed by atoms with E-state index in [1.807, 2.05) is 0 Å². The number of rotatable bonds is 7. The minimum atomic E-state index is 0.221. The zero-order valence-corrected chi connectivity index (χ0v) is 8.29. The zero-order valence-electron chi connectivity index (χ0n) is 8.29. The third kappa shape index (κ3) is 4.07. The Bertz CT molecular complexity index is 81.8. The van der Waals surface area contributed by atoms with Gasteiger partial charge >= 0.3 is 0 Å². The lowest BCUT2D eigenvalue weighted by Crippen LogP contribution is -2.21. The first-order valence-electron chi connectivity index (χ1n) is 5.01. The summed E-state index contributed by atoms with van der Waals surface area (Å²) in [6, 6.07) is 0. The molecule has 0 aromatic carbocycles. The van der Waals surface area contributed by atoms with Crippen molar-refractivity contribution in [2.45, 2.75) is 39.5 Å². The van der Waals surface area contributed by atoms with Crippen molar-refractivity contribution >= 4 is 0 Å². The molecular formula is C10H22O2. The van der Waals surface area contributed by atoms with Crippen molar-refractivity contribution in [2.24, 2.45) is 11.8 Å². The van der Waals surface area contributed by atoms with Crippen molar-refractivity contribution in [3.8, 4) is 0 Å². The lowest BCUT2D eigenvalue weighted by atomic mass is 9.86. The SMILES string of the molecule is CCCC(CO)C(CO)CCC. The van der Waals surface area contributed by atoms with Crippen LogP contribution in [0.25, 0.3) is 0 Å². The van der Waals surface area contributed by atoms with Crippen LogP contribution in [-0.4, -0.2) is 23.4 Å². The molecular weight excluding hydrogens is 152 g/mol. The van der Waals surface area contributed by atoms with Gasteiger partial charge < -0.3 is 10.2 Å². The average Bonchev–Trinajstić information content (AvgIpc) is 2.11. The Hall–Kier alpha value is -0.0800. The van der Waals surface area contributed by atoms with E-state index < -0.39 is 0 Å². The van der Waals surface area contributed by atoms with Crippen LogP contribution in [-0.2, 0) is 0 Å². The predicted octanol–water partition coefficient (Wildman–Crippen LogP) is 1.80. The molecule has 0 fully saturated rings. The van der Waals surface area contributed by atoms with Crippen molar-refractivity contribution in [2.75, 3.05) is 13.2 Å². The van der Waals surface area contributed by atoms with Crippen LogP contribution in [0.3, 0.4) is 0 Å². The molecule has 0 aromatic heterocycles. The maximum absolute atomic E-state index is 9.07. The first kappa shape index (κ1) is 11.9. The van der Waals surface area contributed by atoms with E-state index in [4.69, 9.17) is 10.2 Å². The smallest absolute Gasteiger partial charge is 0.0462 e. The molecule has 0 aliphatic rings. The van der Waals surface area contributed by atoms with Gasteiger partial charge in [-0.3, -0.25) is 0 Å². The number of aliphatic hydroxyl groups is 2. The molecule has 0 spiro atoms. The fourth-order valence-electron chi connectivity index (χ4n) is 1.69. The van der Waals surface area contributed by atoms with Crippen LogP contribution < -0.4 is 0 Å². The van der Waals surface area contributed by atoms with Gasteiger partial charge in [0.15, 0.2) is 0 Å². The summed E-state index contributed by atoms with van der Waals surface area (Å²) in [6.45, 7) is 4.67. The van der Waals surface area contributed by atoms with E-state index in [-0.39, 0.29) is 13.2 Å². The van der Waals surface area contributed by atoms with Gasteiger partial charge in [-0.25, -0.2) is 0 Å². The second-order valence-electron chi connectivity index (χ2n) is 3.46. The van der Waals surface area contributed by atoms with Crippen molar-refractivity contribution in [3.05, 3.63) is 0 Å². The summed E-state index contributed by atoms with van der Waals surface area (Å²) in [5, 5.41) is 18.1. The van der Waals surface area contributed by atoms with Crippen LogP contribution >= 0.6 is 0 Å². The van der Waals surface area contributed by atoms with Gasteiger partial charge in [-0.2, -0.15) is 0 Å². The lowest BCUT2D eigenvalue weighted by molar-refractivity contribution is 0.107. The summed E-state index contributed by atoms with van der Waals surface area (Å²) < 4.78 is 0. The molecule has 2 unspecified atom stereocenters. The van der Waals surface area contributed by atoms with Gasteiger partial charge in [0.1, 0.15) is 0 Å². The van der Waals surface area contributed by atoms with Crippen molar-refractivity contribution in [3.63, 3.8) is 0 Å². The van der Waals surface area contributed by atoms with Gasteiger partial charge in [-0.15, -0.1) is 0 Å². The van der Waals surface area contributed by atoms with Crippen LogP contribution in [0, 0.1) is 11.8 Å². The van der Waals surface area contributed by atoms with Gasteiger partial charge in [-0.1, -0.05) is 26.7 Å². The van der Waals surface area contributed by atoms with E-state index in [0.29, 0.717) is 11.8 Å². The van der Waals surface area contributed by atoms with Gasteiger partial charge in [0, 0.05) is 13.2 Å². The Morgan fingerprint density at radius 3 is 1.33 bits per heavy atom. The molecule has 74 valence electrons. The molecule has 0 bridgehead atoms. The molecule has 2 heteroatoms. The van der Waals surface area contributed by atoms with Crippen LogP contribution in [0.2, 0.25) is 0 Å². The van der Waals surface area contributed by atoms with Crippen molar-refractivity contribution in [1.29, 1.82) is 0 Å². The molecule has 0 amide bonds. The van der Waals surface area contributed by atoms with E-state index in [9.17, 15) is 0 Å². The summed E-state index contributed by atoms with van der Waals surface area (Å²) in [4.78, 5) is 0. The molecule has 2 atom stereocenters. The van der Waals surface area contributed by atoms with E-state index in [2.05, 4.69) is 13.8 Å². The third-order valence-electron chi connectivity index (χ3n) is 2.45. The highest BCUT2D eigenvalue weighted by Gasteiger charge is 2.17. The molecule has 0 aliphatic carbocycles. The third-order valence-corrected chi connectivity index (χ3v) is 2.45. The van der Waals surface area contributed by atoms with Crippen LogP contribution in [0.1, 0.15) is 39.5 Å². The van der Waals surface area contributed by atoms with Gasteiger partial charge in [-0.05, 0) is 24.7 Å². The van der Waals surface area contributed by atoms with Gasteiger partial charge in [0.05, 0.1) is 0 Å². The molecule has 0 radical (unpaired) electrons. The highest BCUT2D eigenvalue weighted by atomic mass is 16.3. The van der Waals surface area contributed by atoms with Crippen molar-refractivity contribution in [1.82, 2.24) is 0 Å². The molecule has 0 heterocycles. The quantitative estimate of drug-likeness (QED) is 0.618. The van der Waals surface area contributed by atoms with Crippen LogP contribution in [0.4, 0.5) is 0 Å². The van der Waals surface area contributed by atoms with Gasteiger partial charge in [0.25, 0.3) is 0 Å². The van der Waals surface area contributed by atoms with Crippen molar-refractivity contribution < 1.29 is 10.2 Å². The van der Waals surface area contributed by atoms with E-state index in [1.54, 1.807) is 0 Å². The molecule has 0 saturated heterocycles. The largest absolute Gasteiger partial charge is 0.396 e.